The van der Waals surface area contributed by atoms with E-state index in [1.807, 2.05) is 18.2 Å². The van der Waals surface area contributed by atoms with E-state index in [0.29, 0.717) is 0 Å². The molecule has 5 heteroatoms. The molecule has 1 saturated heterocycles. The Morgan fingerprint density at radius 1 is 1.04 bits per heavy atom. The number of rotatable bonds is 4. The smallest absolute Gasteiger partial charge is 0.124 e. The van der Waals surface area contributed by atoms with Gasteiger partial charge in [0.15, 0.2) is 0 Å². The van der Waals surface area contributed by atoms with Crippen LogP contribution in [-0.2, 0) is 6.54 Å². The molecule has 0 saturated carbocycles. The Labute approximate surface area is 145 Å². The maximum atomic E-state index is 9.83. The highest BCUT2D eigenvalue weighted by Gasteiger charge is 2.15. The Morgan fingerprint density at radius 2 is 1.78 bits per heavy atom. The van der Waals surface area contributed by atoms with Gasteiger partial charge in [-0.3, -0.25) is 9.91 Å². The molecular weight excluding hydrogens is 354 g/mol. The van der Waals surface area contributed by atoms with Crippen molar-refractivity contribution in [2.75, 3.05) is 26.2 Å². The number of phenols is 1. The van der Waals surface area contributed by atoms with Crippen LogP contribution in [0.5, 0.6) is 5.75 Å². The van der Waals surface area contributed by atoms with Crippen molar-refractivity contribution in [2.24, 2.45) is 5.10 Å². The molecule has 23 heavy (non-hydrogen) atoms. The van der Waals surface area contributed by atoms with Crippen LogP contribution in [0.3, 0.4) is 0 Å². The van der Waals surface area contributed by atoms with Crippen molar-refractivity contribution in [2.45, 2.75) is 6.54 Å². The third-order valence-corrected chi connectivity index (χ3v) is 4.44. The summed E-state index contributed by atoms with van der Waals surface area (Å²) >= 11 is 3.41. The highest BCUT2D eigenvalue weighted by Crippen LogP contribution is 2.20. The van der Waals surface area contributed by atoms with E-state index >= 15 is 0 Å². The van der Waals surface area contributed by atoms with Crippen LogP contribution >= 0.6 is 15.9 Å². The predicted molar refractivity (Wildman–Crippen MR) is 96.7 cm³/mol. The Kier molecular flexibility index (Phi) is 5.31. The summed E-state index contributed by atoms with van der Waals surface area (Å²) in [5, 5.41) is 16.4. The number of piperazine rings is 1. The fraction of sp³-hybridized carbons (Fsp3) is 0.278. The van der Waals surface area contributed by atoms with Gasteiger partial charge >= 0.3 is 0 Å². The minimum absolute atomic E-state index is 0.250. The number of hydrogen-bond donors (Lipinski definition) is 1. The first kappa shape index (κ1) is 16.0. The maximum Gasteiger partial charge on any atom is 0.124 e. The second-order valence-corrected chi connectivity index (χ2v) is 6.58. The van der Waals surface area contributed by atoms with Crippen LogP contribution in [-0.4, -0.2) is 47.4 Å². The largest absolute Gasteiger partial charge is 0.507 e. The predicted octanol–water partition coefficient (Wildman–Crippen LogP) is 3.31. The minimum atomic E-state index is 0.250. The number of hydrogen-bond acceptors (Lipinski definition) is 4. The molecule has 1 aliphatic heterocycles. The van der Waals surface area contributed by atoms with Gasteiger partial charge in [-0.2, -0.15) is 5.10 Å². The van der Waals surface area contributed by atoms with Crippen molar-refractivity contribution in [1.82, 2.24) is 9.91 Å². The number of benzene rings is 2. The van der Waals surface area contributed by atoms with E-state index in [-0.39, 0.29) is 5.75 Å². The van der Waals surface area contributed by atoms with Crippen molar-refractivity contribution in [3.05, 3.63) is 64.1 Å². The van der Waals surface area contributed by atoms with Crippen LogP contribution in [0.4, 0.5) is 0 Å². The molecule has 0 aromatic heterocycles. The van der Waals surface area contributed by atoms with Crippen LogP contribution in [0.2, 0.25) is 0 Å². The van der Waals surface area contributed by atoms with Crippen LogP contribution in [0, 0.1) is 0 Å². The minimum Gasteiger partial charge on any atom is -0.507 e. The standard InChI is InChI=1S/C18H20BrN3O/c19-17-6-7-18(23)16(12-17)13-20-22-10-8-21(9-11-22)14-15-4-2-1-3-5-15/h1-7,12-13,23H,8-11,14H2. The number of hydrazone groups is 1. The van der Waals surface area contributed by atoms with E-state index in [1.54, 1.807) is 12.3 Å². The van der Waals surface area contributed by atoms with Crippen molar-refractivity contribution >= 4 is 22.1 Å². The molecule has 0 aliphatic carbocycles. The molecule has 4 nitrogen and oxygen atoms in total. The molecule has 0 radical (unpaired) electrons. The summed E-state index contributed by atoms with van der Waals surface area (Å²) in [5.74, 6) is 0.250. The fourth-order valence-electron chi connectivity index (χ4n) is 2.63. The lowest BCUT2D eigenvalue weighted by Gasteiger charge is -2.33. The van der Waals surface area contributed by atoms with Gasteiger partial charge in [-0.1, -0.05) is 46.3 Å². The van der Waals surface area contributed by atoms with E-state index in [2.05, 4.69) is 55.2 Å². The van der Waals surface area contributed by atoms with Gasteiger partial charge in [0.1, 0.15) is 5.75 Å². The van der Waals surface area contributed by atoms with E-state index in [4.69, 9.17) is 0 Å². The van der Waals surface area contributed by atoms with Gasteiger partial charge in [0, 0.05) is 42.8 Å². The zero-order valence-corrected chi connectivity index (χ0v) is 14.5. The van der Waals surface area contributed by atoms with Crippen LogP contribution < -0.4 is 0 Å². The summed E-state index contributed by atoms with van der Waals surface area (Å²) < 4.78 is 0.935. The SMILES string of the molecule is Oc1ccc(Br)cc1C=NN1CCN(Cc2ccccc2)CC1. The Hall–Kier alpha value is -1.85. The summed E-state index contributed by atoms with van der Waals surface area (Å²) in [6, 6.07) is 15.9. The van der Waals surface area contributed by atoms with Crippen molar-refractivity contribution in [3.63, 3.8) is 0 Å². The van der Waals surface area contributed by atoms with Gasteiger partial charge in [0.05, 0.1) is 6.21 Å². The quantitative estimate of drug-likeness (QED) is 0.835. The lowest BCUT2D eigenvalue weighted by atomic mass is 10.2. The number of phenolic OH excluding ortho intramolecular Hbond substituents is 1. The topological polar surface area (TPSA) is 39.1 Å². The third-order valence-electron chi connectivity index (χ3n) is 3.95. The molecular formula is C18H20BrN3O. The van der Waals surface area contributed by atoms with Crippen molar-refractivity contribution in [3.8, 4) is 5.75 Å². The molecule has 0 unspecified atom stereocenters. The molecule has 0 amide bonds. The van der Waals surface area contributed by atoms with E-state index in [9.17, 15) is 5.11 Å². The fourth-order valence-corrected chi connectivity index (χ4v) is 3.00. The van der Waals surface area contributed by atoms with Crippen LogP contribution in [0.1, 0.15) is 11.1 Å². The lowest BCUT2D eigenvalue weighted by molar-refractivity contribution is 0.131. The van der Waals surface area contributed by atoms with Crippen molar-refractivity contribution < 1.29 is 5.11 Å². The van der Waals surface area contributed by atoms with Gasteiger partial charge in [0.25, 0.3) is 0 Å². The first-order valence-corrected chi connectivity index (χ1v) is 8.54. The van der Waals surface area contributed by atoms with Gasteiger partial charge in [-0.05, 0) is 23.8 Å². The summed E-state index contributed by atoms with van der Waals surface area (Å²) in [6.45, 7) is 4.79. The third kappa shape index (κ3) is 4.56. The van der Waals surface area contributed by atoms with Crippen LogP contribution in [0.15, 0.2) is 58.1 Å². The molecule has 2 aromatic carbocycles. The second kappa shape index (κ2) is 7.62. The average molecular weight is 374 g/mol. The van der Waals surface area contributed by atoms with E-state index in [1.165, 1.54) is 5.56 Å². The highest BCUT2D eigenvalue weighted by atomic mass is 79.9. The monoisotopic (exact) mass is 373 g/mol. The molecule has 0 atom stereocenters. The van der Waals surface area contributed by atoms with Gasteiger partial charge in [-0.15, -0.1) is 0 Å². The number of nitrogens with zero attached hydrogens (tertiary/aromatic N) is 3. The molecule has 0 bridgehead atoms. The van der Waals surface area contributed by atoms with Crippen LogP contribution in [0.25, 0.3) is 0 Å². The maximum absolute atomic E-state index is 9.83. The normalized spacial score (nSPS) is 16.1. The van der Waals surface area contributed by atoms with Gasteiger partial charge in [-0.25, -0.2) is 0 Å². The zero-order valence-electron chi connectivity index (χ0n) is 12.9. The summed E-state index contributed by atoms with van der Waals surface area (Å²) in [4.78, 5) is 2.44. The first-order valence-electron chi connectivity index (χ1n) is 7.74. The molecule has 1 aliphatic rings. The Morgan fingerprint density at radius 3 is 2.52 bits per heavy atom. The van der Waals surface area contributed by atoms with Gasteiger partial charge in [0.2, 0.25) is 0 Å². The number of aromatic hydroxyl groups is 1. The summed E-state index contributed by atoms with van der Waals surface area (Å²) in [7, 11) is 0. The Balaban J connectivity index is 1.53. The molecule has 1 N–H and O–H groups in total. The highest BCUT2D eigenvalue weighted by molar-refractivity contribution is 9.10. The molecule has 1 heterocycles. The Bertz CT molecular complexity index is 667. The second-order valence-electron chi connectivity index (χ2n) is 5.66. The molecule has 2 aromatic rings. The molecule has 1 fully saturated rings. The first-order chi connectivity index (χ1) is 11.2. The molecule has 120 valence electrons. The zero-order chi connectivity index (χ0) is 16.1. The molecule has 0 spiro atoms. The summed E-state index contributed by atoms with van der Waals surface area (Å²) in [5.41, 5.74) is 2.08. The average Bonchev–Trinajstić information content (AvgIpc) is 2.58. The molecule has 3 rings (SSSR count). The van der Waals surface area contributed by atoms with E-state index < -0.39 is 0 Å². The lowest BCUT2D eigenvalue weighted by Crippen LogP contribution is -2.43. The van der Waals surface area contributed by atoms with Gasteiger partial charge < -0.3 is 5.11 Å². The number of halogens is 1. The summed E-state index contributed by atoms with van der Waals surface area (Å²) in [6.07, 6.45) is 1.73. The van der Waals surface area contributed by atoms with Crippen molar-refractivity contribution in [1.29, 1.82) is 0 Å². The van der Waals surface area contributed by atoms with E-state index in [0.717, 1.165) is 42.8 Å².